The average Bonchev–Trinajstić information content (AvgIpc) is 2.99. The predicted molar refractivity (Wildman–Crippen MR) is 75.6 cm³/mol. The second-order valence-electron chi connectivity index (χ2n) is 6.76. The second kappa shape index (κ2) is 5.06. The standard InChI is InChI=1S/C15H27N3O/c1-3-12-9-18(7-6-17(12)2)15(19)13-10-4-5-11(8-10)14(13)16/h10-14H,3-9,16H2,1-2H3. The number of likely N-dealkylation sites (N-methyl/N-ethyl adjacent to an activating group) is 1. The molecule has 3 fully saturated rings. The zero-order valence-electron chi connectivity index (χ0n) is 12.2. The van der Waals surface area contributed by atoms with Gasteiger partial charge in [0.05, 0.1) is 5.92 Å². The molecule has 1 heterocycles. The molecule has 2 bridgehead atoms. The Morgan fingerprint density at radius 2 is 2.00 bits per heavy atom. The van der Waals surface area contributed by atoms with E-state index < -0.39 is 0 Å². The van der Waals surface area contributed by atoms with Gasteiger partial charge in [-0.3, -0.25) is 9.69 Å². The highest BCUT2D eigenvalue weighted by atomic mass is 16.2. The van der Waals surface area contributed by atoms with E-state index in [-0.39, 0.29) is 12.0 Å². The van der Waals surface area contributed by atoms with Gasteiger partial charge >= 0.3 is 0 Å². The number of carbonyl (C=O) groups is 1. The molecular weight excluding hydrogens is 238 g/mol. The molecule has 108 valence electrons. The summed E-state index contributed by atoms with van der Waals surface area (Å²) in [7, 11) is 2.17. The van der Waals surface area contributed by atoms with Crippen molar-refractivity contribution in [2.45, 2.75) is 44.7 Å². The van der Waals surface area contributed by atoms with E-state index in [4.69, 9.17) is 5.73 Å². The summed E-state index contributed by atoms with van der Waals surface area (Å²) in [5.41, 5.74) is 6.31. The molecule has 4 nitrogen and oxygen atoms in total. The van der Waals surface area contributed by atoms with E-state index >= 15 is 0 Å². The number of carbonyl (C=O) groups excluding carboxylic acids is 1. The Morgan fingerprint density at radius 3 is 2.63 bits per heavy atom. The number of amides is 1. The Balaban J connectivity index is 1.67. The number of piperazine rings is 1. The highest BCUT2D eigenvalue weighted by molar-refractivity contribution is 5.80. The van der Waals surface area contributed by atoms with Crippen molar-refractivity contribution in [1.29, 1.82) is 0 Å². The van der Waals surface area contributed by atoms with Crippen molar-refractivity contribution < 1.29 is 4.79 Å². The third-order valence-corrected chi connectivity index (χ3v) is 5.83. The summed E-state index contributed by atoms with van der Waals surface area (Å²) in [6.45, 7) is 4.98. The van der Waals surface area contributed by atoms with Gasteiger partial charge < -0.3 is 10.6 Å². The maximum Gasteiger partial charge on any atom is 0.227 e. The third kappa shape index (κ3) is 2.19. The molecule has 5 atom stereocenters. The normalized spacial score (nSPS) is 42.9. The van der Waals surface area contributed by atoms with Gasteiger partial charge in [-0.1, -0.05) is 6.92 Å². The Hall–Kier alpha value is -0.610. The fraction of sp³-hybridized carbons (Fsp3) is 0.933. The lowest BCUT2D eigenvalue weighted by Crippen LogP contribution is -2.56. The van der Waals surface area contributed by atoms with E-state index in [9.17, 15) is 4.79 Å². The number of rotatable bonds is 2. The Morgan fingerprint density at radius 1 is 1.26 bits per heavy atom. The molecule has 19 heavy (non-hydrogen) atoms. The Kier molecular flexibility index (Phi) is 3.56. The van der Waals surface area contributed by atoms with Crippen LogP contribution in [0, 0.1) is 17.8 Å². The van der Waals surface area contributed by atoms with E-state index in [1.165, 1.54) is 19.3 Å². The minimum Gasteiger partial charge on any atom is -0.340 e. The molecule has 2 aliphatic carbocycles. The van der Waals surface area contributed by atoms with Gasteiger partial charge in [0.25, 0.3) is 0 Å². The number of nitrogens with zero attached hydrogens (tertiary/aromatic N) is 2. The number of hydrogen-bond acceptors (Lipinski definition) is 3. The van der Waals surface area contributed by atoms with Gasteiger partial charge in [0, 0.05) is 31.7 Å². The van der Waals surface area contributed by atoms with Crippen LogP contribution < -0.4 is 5.73 Å². The minimum absolute atomic E-state index is 0.125. The van der Waals surface area contributed by atoms with Crippen LogP contribution in [-0.2, 0) is 4.79 Å². The maximum absolute atomic E-state index is 12.8. The van der Waals surface area contributed by atoms with Crippen LogP contribution in [0.4, 0.5) is 0 Å². The fourth-order valence-electron chi connectivity index (χ4n) is 4.50. The SMILES string of the molecule is CCC1CN(C(=O)C2C3CCC(C3)C2N)CCN1C. The van der Waals surface area contributed by atoms with Gasteiger partial charge in [0.2, 0.25) is 5.91 Å². The van der Waals surface area contributed by atoms with Crippen molar-refractivity contribution in [3.05, 3.63) is 0 Å². The number of nitrogens with two attached hydrogens (primary N) is 1. The first-order valence-corrected chi connectivity index (χ1v) is 7.86. The van der Waals surface area contributed by atoms with Crippen LogP contribution in [0.1, 0.15) is 32.6 Å². The van der Waals surface area contributed by atoms with Crippen molar-refractivity contribution in [3.8, 4) is 0 Å². The molecule has 3 rings (SSSR count). The summed E-state index contributed by atoms with van der Waals surface area (Å²) in [6, 6.07) is 0.651. The summed E-state index contributed by atoms with van der Waals surface area (Å²) in [4.78, 5) is 17.3. The van der Waals surface area contributed by atoms with Crippen LogP contribution in [0.25, 0.3) is 0 Å². The summed E-state index contributed by atoms with van der Waals surface area (Å²) >= 11 is 0. The zero-order chi connectivity index (χ0) is 13.6. The predicted octanol–water partition coefficient (Wildman–Crippen LogP) is 0.912. The number of fused-ring (bicyclic) bond motifs is 2. The lowest BCUT2D eigenvalue weighted by atomic mass is 9.83. The topological polar surface area (TPSA) is 49.6 Å². The maximum atomic E-state index is 12.8. The lowest BCUT2D eigenvalue weighted by Gasteiger charge is -2.41. The largest absolute Gasteiger partial charge is 0.340 e. The van der Waals surface area contributed by atoms with Gasteiger partial charge in [0.15, 0.2) is 0 Å². The molecule has 5 unspecified atom stereocenters. The smallest absolute Gasteiger partial charge is 0.227 e. The molecule has 4 heteroatoms. The molecule has 1 aliphatic heterocycles. The van der Waals surface area contributed by atoms with Gasteiger partial charge in [-0.2, -0.15) is 0 Å². The Labute approximate surface area is 116 Å². The second-order valence-corrected chi connectivity index (χ2v) is 6.76. The van der Waals surface area contributed by atoms with Crippen LogP contribution in [-0.4, -0.2) is 54.5 Å². The zero-order valence-corrected chi connectivity index (χ0v) is 12.2. The van der Waals surface area contributed by atoms with Crippen LogP contribution in [0.2, 0.25) is 0 Å². The van der Waals surface area contributed by atoms with Gasteiger partial charge in [-0.05, 0) is 44.6 Å². The first-order valence-electron chi connectivity index (χ1n) is 7.86. The van der Waals surface area contributed by atoms with E-state index in [1.54, 1.807) is 0 Å². The van der Waals surface area contributed by atoms with Crippen molar-refractivity contribution in [3.63, 3.8) is 0 Å². The molecule has 2 saturated carbocycles. The molecule has 0 aromatic rings. The third-order valence-electron chi connectivity index (χ3n) is 5.83. The first kappa shape index (κ1) is 13.4. The highest BCUT2D eigenvalue weighted by Gasteiger charge is 2.50. The van der Waals surface area contributed by atoms with Gasteiger partial charge in [0.1, 0.15) is 0 Å². The molecule has 1 saturated heterocycles. The van der Waals surface area contributed by atoms with E-state index in [0.29, 0.717) is 23.8 Å². The van der Waals surface area contributed by atoms with Crippen LogP contribution in [0.5, 0.6) is 0 Å². The average molecular weight is 265 g/mol. The fourth-order valence-corrected chi connectivity index (χ4v) is 4.50. The first-order chi connectivity index (χ1) is 9.11. The summed E-state index contributed by atoms with van der Waals surface area (Å²) in [5, 5.41) is 0. The quantitative estimate of drug-likeness (QED) is 0.807. The van der Waals surface area contributed by atoms with Crippen molar-refractivity contribution in [1.82, 2.24) is 9.80 Å². The van der Waals surface area contributed by atoms with Gasteiger partial charge in [-0.25, -0.2) is 0 Å². The van der Waals surface area contributed by atoms with Crippen LogP contribution in [0.15, 0.2) is 0 Å². The molecule has 3 aliphatic rings. The van der Waals surface area contributed by atoms with Crippen molar-refractivity contribution >= 4 is 5.91 Å². The molecular formula is C15H27N3O. The molecule has 1 amide bonds. The van der Waals surface area contributed by atoms with Crippen LogP contribution >= 0.6 is 0 Å². The lowest BCUT2D eigenvalue weighted by molar-refractivity contribution is -0.140. The van der Waals surface area contributed by atoms with E-state index in [0.717, 1.165) is 26.1 Å². The molecule has 0 aromatic carbocycles. The molecule has 0 spiro atoms. The van der Waals surface area contributed by atoms with Gasteiger partial charge in [-0.15, -0.1) is 0 Å². The van der Waals surface area contributed by atoms with Crippen LogP contribution in [0.3, 0.4) is 0 Å². The monoisotopic (exact) mass is 265 g/mol. The summed E-state index contributed by atoms with van der Waals surface area (Å²) in [5.74, 6) is 1.67. The van der Waals surface area contributed by atoms with Crippen molar-refractivity contribution in [2.75, 3.05) is 26.7 Å². The van der Waals surface area contributed by atoms with E-state index in [2.05, 4.69) is 23.8 Å². The van der Waals surface area contributed by atoms with E-state index in [1.807, 2.05) is 0 Å². The molecule has 2 N–H and O–H groups in total. The highest BCUT2D eigenvalue weighted by Crippen LogP contribution is 2.48. The summed E-state index contributed by atoms with van der Waals surface area (Å²) < 4.78 is 0. The molecule has 0 radical (unpaired) electrons. The molecule has 0 aromatic heterocycles. The summed E-state index contributed by atoms with van der Waals surface area (Å²) in [6.07, 6.45) is 4.78. The minimum atomic E-state index is 0.125. The number of hydrogen-bond donors (Lipinski definition) is 1. The van der Waals surface area contributed by atoms with Crippen molar-refractivity contribution in [2.24, 2.45) is 23.5 Å². The Bertz CT molecular complexity index is 357.